The standard InChI is InChI=1S/C10H17N/c1-4-6-10(7-5-2)9(3)8-11/h6,8,11H,3-5,7H2,1-2H3/b10-6+,11-8?. The zero-order chi connectivity index (χ0) is 8.69. The third kappa shape index (κ3) is 3.76. The van der Waals surface area contributed by atoms with Crippen LogP contribution in [0.5, 0.6) is 0 Å². The molecular weight excluding hydrogens is 134 g/mol. The number of hydrogen-bond acceptors (Lipinski definition) is 1. The van der Waals surface area contributed by atoms with Crippen molar-refractivity contribution >= 4 is 6.21 Å². The van der Waals surface area contributed by atoms with E-state index in [4.69, 9.17) is 5.41 Å². The van der Waals surface area contributed by atoms with E-state index in [2.05, 4.69) is 26.5 Å². The molecule has 0 aliphatic rings. The minimum atomic E-state index is 0.855. The van der Waals surface area contributed by atoms with E-state index in [-0.39, 0.29) is 0 Å². The van der Waals surface area contributed by atoms with Crippen molar-refractivity contribution in [1.29, 1.82) is 5.41 Å². The van der Waals surface area contributed by atoms with Gasteiger partial charge in [0.2, 0.25) is 0 Å². The molecule has 11 heavy (non-hydrogen) atoms. The van der Waals surface area contributed by atoms with Crippen LogP contribution >= 0.6 is 0 Å². The van der Waals surface area contributed by atoms with Crippen LogP contribution in [-0.4, -0.2) is 6.21 Å². The van der Waals surface area contributed by atoms with Crippen LogP contribution in [-0.2, 0) is 0 Å². The third-order valence-corrected chi connectivity index (χ3v) is 1.56. The van der Waals surface area contributed by atoms with Crippen LogP contribution in [0.3, 0.4) is 0 Å². The molecule has 62 valence electrons. The van der Waals surface area contributed by atoms with E-state index < -0.39 is 0 Å². The highest BCUT2D eigenvalue weighted by Gasteiger charge is 1.96. The summed E-state index contributed by atoms with van der Waals surface area (Å²) in [4.78, 5) is 0. The summed E-state index contributed by atoms with van der Waals surface area (Å²) in [6, 6.07) is 0. The van der Waals surface area contributed by atoms with Crippen molar-refractivity contribution in [2.75, 3.05) is 0 Å². The average molecular weight is 151 g/mol. The molecule has 0 aliphatic carbocycles. The Morgan fingerprint density at radius 1 is 1.45 bits per heavy atom. The highest BCUT2D eigenvalue weighted by Crippen LogP contribution is 2.12. The molecular formula is C10H17N. The molecule has 0 aliphatic heterocycles. The summed E-state index contributed by atoms with van der Waals surface area (Å²) in [7, 11) is 0. The van der Waals surface area contributed by atoms with Gasteiger partial charge in [-0.3, -0.25) is 0 Å². The van der Waals surface area contributed by atoms with Crippen molar-refractivity contribution in [3.05, 3.63) is 23.8 Å². The fraction of sp³-hybridized carbons (Fsp3) is 0.500. The maximum atomic E-state index is 7.03. The van der Waals surface area contributed by atoms with E-state index in [0.29, 0.717) is 0 Å². The normalized spacial score (nSPS) is 11.3. The van der Waals surface area contributed by atoms with Gasteiger partial charge in [-0.2, -0.15) is 0 Å². The summed E-state index contributed by atoms with van der Waals surface area (Å²) in [6.07, 6.45) is 6.68. The predicted molar refractivity (Wildman–Crippen MR) is 51.2 cm³/mol. The van der Waals surface area contributed by atoms with Crippen LogP contribution in [0.4, 0.5) is 0 Å². The molecule has 0 spiro atoms. The first-order valence-corrected chi connectivity index (χ1v) is 4.15. The van der Waals surface area contributed by atoms with Gasteiger partial charge in [0.15, 0.2) is 0 Å². The highest BCUT2D eigenvalue weighted by atomic mass is 14.3. The topological polar surface area (TPSA) is 23.9 Å². The molecule has 0 heterocycles. The quantitative estimate of drug-likeness (QED) is 0.460. The Morgan fingerprint density at radius 2 is 2.09 bits per heavy atom. The fourth-order valence-electron chi connectivity index (χ4n) is 1.00. The maximum Gasteiger partial charge on any atom is 0.0247 e. The lowest BCUT2D eigenvalue weighted by Gasteiger charge is -2.03. The minimum Gasteiger partial charge on any atom is -0.308 e. The van der Waals surface area contributed by atoms with E-state index in [9.17, 15) is 0 Å². The van der Waals surface area contributed by atoms with E-state index in [1.165, 1.54) is 11.8 Å². The van der Waals surface area contributed by atoms with Gasteiger partial charge in [-0.05, 0) is 24.0 Å². The first kappa shape index (κ1) is 10.2. The third-order valence-electron chi connectivity index (χ3n) is 1.56. The molecule has 0 aromatic carbocycles. The molecule has 0 aromatic rings. The molecule has 0 unspecified atom stereocenters. The van der Waals surface area contributed by atoms with Crippen LogP contribution < -0.4 is 0 Å². The van der Waals surface area contributed by atoms with Gasteiger partial charge in [-0.25, -0.2) is 0 Å². The summed E-state index contributed by atoms with van der Waals surface area (Å²) in [6.45, 7) is 8.04. The van der Waals surface area contributed by atoms with Crippen LogP contribution in [0.15, 0.2) is 23.8 Å². The average Bonchev–Trinajstić information content (AvgIpc) is 2.03. The summed E-state index contributed by atoms with van der Waals surface area (Å²) in [5.74, 6) is 0. The Kier molecular flexibility index (Phi) is 5.44. The summed E-state index contributed by atoms with van der Waals surface area (Å²) in [5, 5.41) is 7.03. The van der Waals surface area contributed by atoms with Crippen molar-refractivity contribution in [2.45, 2.75) is 33.1 Å². The van der Waals surface area contributed by atoms with Crippen molar-refractivity contribution in [1.82, 2.24) is 0 Å². The lowest BCUT2D eigenvalue weighted by atomic mass is 10.0. The highest BCUT2D eigenvalue weighted by molar-refractivity contribution is 5.81. The van der Waals surface area contributed by atoms with Gasteiger partial charge < -0.3 is 5.41 Å². The molecule has 1 N–H and O–H groups in total. The van der Waals surface area contributed by atoms with Crippen molar-refractivity contribution in [3.63, 3.8) is 0 Å². The van der Waals surface area contributed by atoms with Crippen molar-refractivity contribution in [3.8, 4) is 0 Å². The fourth-order valence-corrected chi connectivity index (χ4v) is 1.00. The number of allylic oxidation sites excluding steroid dienone is 3. The van der Waals surface area contributed by atoms with E-state index in [1.54, 1.807) is 0 Å². The van der Waals surface area contributed by atoms with Crippen LogP contribution in [0, 0.1) is 5.41 Å². The zero-order valence-electron chi connectivity index (χ0n) is 7.48. The molecule has 0 atom stereocenters. The second-order valence-electron chi connectivity index (χ2n) is 2.56. The van der Waals surface area contributed by atoms with Crippen molar-refractivity contribution < 1.29 is 0 Å². The van der Waals surface area contributed by atoms with E-state index >= 15 is 0 Å². The van der Waals surface area contributed by atoms with Crippen LogP contribution in [0.2, 0.25) is 0 Å². The number of nitrogens with one attached hydrogen (secondary N) is 1. The van der Waals surface area contributed by atoms with Gasteiger partial charge >= 0.3 is 0 Å². The van der Waals surface area contributed by atoms with Gasteiger partial charge in [0, 0.05) is 6.21 Å². The molecule has 1 heteroatoms. The van der Waals surface area contributed by atoms with Gasteiger partial charge in [0.25, 0.3) is 0 Å². The Hall–Kier alpha value is -0.850. The number of rotatable bonds is 5. The van der Waals surface area contributed by atoms with E-state index in [1.807, 2.05) is 0 Å². The summed E-state index contributed by atoms with van der Waals surface area (Å²) < 4.78 is 0. The minimum absolute atomic E-state index is 0.855. The Bertz CT molecular complexity index is 166. The lowest BCUT2D eigenvalue weighted by Crippen LogP contribution is -1.88. The first-order valence-electron chi connectivity index (χ1n) is 4.15. The van der Waals surface area contributed by atoms with Gasteiger partial charge in [-0.15, -0.1) is 0 Å². The molecule has 1 nitrogen and oxygen atoms in total. The maximum absolute atomic E-state index is 7.03. The molecule has 0 fully saturated rings. The SMILES string of the molecule is C=C(C=N)/C(=C/CC)CCC. The predicted octanol–water partition coefficient (Wildman–Crippen LogP) is 3.33. The van der Waals surface area contributed by atoms with Gasteiger partial charge in [0.05, 0.1) is 0 Å². The molecule has 0 rings (SSSR count). The smallest absolute Gasteiger partial charge is 0.0247 e. The van der Waals surface area contributed by atoms with Crippen LogP contribution in [0.1, 0.15) is 33.1 Å². The Balaban J connectivity index is 4.20. The van der Waals surface area contributed by atoms with Crippen molar-refractivity contribution in [2.24, 2.45) is 0 Å². The largest absolute Gasteiger partial charge is 0.308 e. The molecule has 0 aromatic heterocycles. The molecule has 0 amide bonds. The van der Waals surface area contributed by atoms with Gasteiger partial charge in [-0.1, -0.05) is 32.9 Å². The second kappa shape index (κ2) is 5.90. The zero-order valence-corrected chi connectivity index (χ0v) is 7.48. The monoisotopic (exact) mass is 151 g/mol. The molecule has 0 bridgehead atoms. The van der Waals surface area contributed by atoms with Gasteiger partial charge in [0.1, 0.15) is 0 Å². The first-order chi connectivity index (χ1) is 5.26. The van der Waals surface area contributed by atoms with E-state index in [0.717, 1.165) is 24.8 Å². The molecule has 0 radical (unpaired) electrons. The van der Waals surface area contributed by atoms with Crippen LogP contribution in [0.25, 0.3) is 0 Å². The number of hydrogen-bond donors (Lipinski definition) is 1. The Morgan fingerprint density at radius 3 is 2.45 bits per heavy atom. The molecule has 0 saturated carbocycles. The second-order valence-corrected chi connectivity index (χ2v) is 2.56. The Labute approximate surface area is 69.3 Å². The summed E-state index contributed by atoms with van der Waals surface area (Å²) >= 11 is 0. The summed E-state index contributed by atoms with van der Waals surface area (Å²) in [5.41, 5.74) is 2.08. The molecule has 0 saturated heterocycles. The lowest BCUT2D eigenvalue weighted by molar-refractivity contribution is 0.913.